The molecule has 36 heavy (non-hydrogen) atoms. The third-order valence-electron chi connectivity index (χ3n) is 6.72. The average Bonchev–Trinajstić information content (AvgIpc) is 2.89. The van der Waals surface area contributed by atoms with Gasteiger partial charge in [-0.25, -0.2) is 4.98 Å². The standard InChI is InChI=1S/C26H31N7O3/c1-33-11-10-16-13-22(35-2)20(12-17(16)14-33)30-23-9-5-8-21(36-23)18-6-3-4-7-19(18)31-26-24(25(27)34)32-29-15-28-26/h3-4,6-7,12-13,15,21,23,30H,5,8-11,14H2,1-2H3,(H2,27,34)(H,28,29,31). The number of likely N-dealkylation sites (N-methyl/N-ethyl adjacent to an activating group) is 1. The first-order valence-electron chi connectivity index (χ1n) is 12.2. The Morgan fingerprint density at radius 1 is 1.19 bits per heavy atom. The number of benzene rings is 2. The van der Waals surface area contributed by atoms with E-state index < -0.39 is 5.91 Å². The Labute approximate surface area is 210 Å². The van der Waals surface area contributed by atoms with Crippen molar-refractivity contribution < 1.29 is 14.3 Å². The zero-order chi connectivity index (χ0) is 25.1. The zero-order valence-corrected chi connectivity index (χ0v) is 20.5. The highest BCUT2D eigenvalue weighted by molar-refractivity contribution is 5.96. The number of nitrogens with one attached hydrogen (secondary N) is 2. The van der Waals surface area contributed by atoms with Crippen molar-refractivity contribution >= 4 is 23.1 Å². The number of ether oxygens (including phenoxy) is 2. The van der Waals surface area contributed by atoms with Crippen LogP contribution in [0.25, 0.3) is 0 Å². The lowest BCUT2D eigenvalue weighted by Gasteiger charge is -2.33. The Morgan fingerprint density at radius 2 is 2.06 bits per heavy atom. The summed E-state index contributed by atoms with van der Waals surface area (Å²) in [5.74, 6) is 0.402. The summed E-state index contributed by atoms with van der Waals surface area (Å²) >= 11 is 0. The van der Waals surface area contributed by atoms with Gasteiger partial charge in [0.1, 0.15) is 18.3 Å². The van der Waals surface area contributed by atoms with E-state index in [1.807, 2.05) is 24.3 Å². The van der Waals surface area contributed by atoms with Crippen LogP contribution in [-0.2, 0) is 17.7 Å². The van der Waals surface area contributed by atoms with E-state index in [0.29, 0.717) is 0 Å². The van der Waals surface area contributed by atoms with Gasteiger partial charge in [0.25, 0.3) is 5.91 Å². The lowest BCUT2D eigenvalue weighted by molar-refractivity contribution is -0.0363. The normalized spacial score (nSPS) is 19.8. The van der Waals surface area contributed by atoms with E-state index in [0.717, 1.165) is 61.5 Å². The van der Waals surface area contributed by atoms with Crippen molar-refractivity contribution in [3.05, 3.63) is 65.1 Å². The Morgan fingerprint density at radius 3 is 2.89 bits per heavy atom. The van der Waals surface area contributed by atoms with Crippen LogP contribution in [0.15, 0.2) is 42.7 Å². The fourth-order valence-corrected chi connectivity index (χ4v) is 4.89. The van der Waals surface area contributed by atoms with Crippen molar-refractivity contribution in [1.29, 1.82) is 0 Å². The second kappa shape index (κ2) is 10.5. The lowest BCUT2D eigenvalue weighted by atomic mass is 9.97. The van der Waals surface area contributed by atoms with Crippen molar-refractivity contribution in [1.82, 2.24) is 20.1 Å². The Kier molecular flexibility index (Phi) is 6.97. The summed E-state index contributed by atoms with van der Waals surface area (Å²) in [5, 5.41) is 14.3. The first-order chi connectivity index (χ1) is 17.5. The summed E-state index contributed by atoms with van der Waals surface area (Å²) < 4.78 is 12.2. The molecule has 1 saturated heterocycles. The minimum Gasteiger partial charge on any atom is -0.495 e. The molecule has 2 unspecified atom stereocenters. The molecule has 2 atom stereocenters. The van der Waals surface area contributed by atoms with E-state index in [9.17, 15) is 4.79 Å². The molecule has 1 amide bonds. The number of primary amides is 1. The minimum atomic E-state index is -0.695. The number of nitrogens with two attached hydrogens (primary N) is 1. The Hall–Kier alpha value is -3.76. The molecule has 0 saturated carbocycles. The number of amides is 1. The third kappa shape index (κ3) is 5.09. The maximum absolute atomic E-state index is 11.8. The van der Waals surface area contributed by atoms with Crippen molar-refractivity contribution in [2.75, 3.05) is 31.3 Å². The van der Waals surface area contributed by atoms with Gasteiger partial charge in [-0.3, -0.25) is 4.79 Å². The molecule has 0 radical (unpaired) electrons. The first kappa shape index (κ1) is 24.0. The van der Waals surface area contributed by atoms with Crippen molar-refractivity contribution in [2.24, 2.45) is 5.73 Å². The second-order valence-corrected chi connectivity index (χ2v) is 9.23. The third-order valence-corrected chi connectivity index (χ3v) is 6.72. The molecule has 0 aliphatic carbocycles. The summed E-state index contributed by atoms with van der Waals surface area (Å²) in [5.41, 5.74) is 10.8. The van der Waals surface area contributed by atoms with E-state index in [2.05, 4.69) is 49.9 Å². The monoisotopic (exact) mass is 489 g/mol. The van der Waals surface area contributed by atoms with Crippen molar-refractivity contribution in [3.8, 4) is 5.75 Å². The van der Waals surface area contributed by atoms with Gasteiger partial charge >= 0.3 is 0 Å². The summed E-state index contributed by atoms with van der Waals surface area (Å²) in [6, 6.07) is 12.2. The van der Waals surface area contributed by atoms with Crippen LogP contribution in [0.5, 0.6) is 5.75 Å². The fraction of sp³-hybridized carbons (Fsp3) is 0.385. The zero-order valence-electron chi connectivity index (χ0n) is 20.5. The van der Waals surface area contributed by atoms with Gasteiger partial charge in [0.05, 0.1) is 18.9 Å². The molecule has 10 nitrogen and oxygen atoms in total. The molecule has 2 aromatic carbocycles. The smallest absolute Gasteiger partial charge is 0.273 e. The molecule has 0 bridgehead atoms. The van der Waals surface area contributed by atoms with Crippen LogP contribution in [0.1, 0.15) is 52.5 Å². The van der Waals surface area contributed by atoms with Crippen LogP contribution in [0.4, 0.5) is 17.2 Å². The van der Waals surface area contributed by atoms with Crippen molar-refractivity contribution in [3.63, 3.8) is 0 Å². The maximum Gasteiger partial charge on any atom is 0.273 e. The highest BCUT2D eigenvalue weighted by Gasteiger charge is 2.27. The van der Waals surface area contributed by atoms with E-state index in [-0.39, 0.29) is 23.8 Å². The number of fused-ring (bicyclic) bond motifs is 1. The predicted molar refractivity (Wildman–Crippen MR) is 136 cm³/mol. The number of rotatable bonds is 7. The number of para-hydroxylation sites is 1. The number of carbonyl (C=O) groups is 1. The number of anilines is 3. The van der Waals surface area contributed by atoms with E-state index in [4.69, 9.17) is 15.2 Å². The van der Waals surface area contributed by atoms with Gasteiger partial charge in [-0.05, 0) is 62.1 Å². The van der Waals surface area contributed by atoms with Crippen LogP contribution in [0.3, 0.4) is 0 Å². The van der Waals surface area contributed by atoms with Crippen LogP contribution in [-0.4, -0.2) is 52.9 Å². The van der Waals surface area contributed by atoms with Gasteiger partial charge in [0.2, 0.25) is 0 Å². The minimum absolute atomic E-state index is 0.0124. The first-order valence-corrected chi connectivity index (χ1v) is 12.2. The van der Waals surface area contributed by atoms with Crippen LogP contribution in [0, 0.1) is 0 Å². The molecule has 2 aliphatic heterocycles. The van der Waals surface area contributed by atoms with E-state index in [1.165, 1.54) is 17.5 Å². The molecule has 0 spiro atoms. The number of hydrogen-bond acceptors (Lipinski definition) is 9. The predicted octanol–water partition coefficient (Wildman–Crippen LogP) is 3.39. The highest BCUT2D eigenvalue weighted by Crippen LogP contribution is 2.38. The van der Waals surface area contributed by atoms with E-state index in [1.54, 1.807) is 7.11 Å². The van der Waals surface area contributed by atoms with Gasteiger partial charge in [-0.1, -0.05) is 18.2 Å². The molecule has 10 heteroatoms. The highest BCUT2D eigenvalue weighted by atomic mass is 16.5. The van der Waals surface area contributed by atoms with Gasteiger partial charge in [0.15, 0.2) is 11.5 Å². The van der Waals surface area contributed by atoms with Gasteiger partial charge < -0.3 is 30.7 Å². The van der Waals surface area contributed by atoms with Crippen LogP contribution < -0.4 is 21.1 Å². The second-order valence-electron chi connectivity index (χ2n) is 9.23. The van der Waals surface area contributed by atoms with Gasteiger partial charge in [0, 0.05) is 24.3 Å². The molecule has 3 aromatic rings. The summed E-state index contributed by atoms with van der Waals surface area (Å²) in [6.07, 6.45) is 4.72. The molecule has 1 aromatic heterocycles. The maximum atomic E-state index is 11.8. The summed E-state index contributed by atoms with van der Waals surface area (Å²) in [6.45, 7) is 1.97. The molecule has 2 aliphatic rings. The summed E-state index contributed by atoms with van der Waals surface area (Å²) in [7, 11) is 3.85. The molecule has 4 N–H and O–H groups in total. The van der Waals surface area contributed by atoms with E-state index >= 15 is 0 Å². The SMILES string of the molecule is COc1cc2c(cc1NC1CCCC(c3ccccc3Nc3ncnnc3C(N)=O)O1)CN(C)CC2. The number of hydrogen-bond donors (Lipinski definition) is 3. The van der Waals surface area contributed by atoms with Gasteiger partial charge in [-0.15, -0.1) is 10.2 Å². The largest absolute Gasteiger partial charge is 0.495 e. The number of carbonyl (C=O) groups excluding carboxylic acids is 1. The van der Waals surface area contributed by atoms with Crippen LogP contribution >= 0.6 is 0 Å². The molecular formula is C26H31N7O3. The lowest BCUT2D eigenvalue weighted by Crippen LogP contribution is -2.30. The summed E-state index contributed by atoms with van der Waals surface area (Å²) in [4.78, 5) is 18.3. The molecular weight excluding hydrogens is 458 g/mol. The quantitative estimate of drug-likeness (QED) is 0.457. The molecule has 1 fully saturated rings. The topological polar surface area (TPSA) is 128 Å². The molecule has 188 valence electrons. The average molecular weight is 490 g/mol. The van der Waals surface area contributed by atoms with Crippen LogP contribution in [0.2, 0.25) is 0 Å². The number of methoxy groups -OCH3 is 1. The van der Waals surface area contributed by atoms with Crippen molar-refractivity contribution in [2.45, 2.75) is 44.6 Å². The van der Waals surface area contributed by atoms with Gasteiger partial charge in [-0.2, -0.15) is 0 Å². The number of aromatic nitrogens is 3. The molecule has 3 heterocycles. The Balaban J connectivity index is 1.36. The molecule has 5 rings (SSSR count). The Bertz CT molecular complexity index is 1250. The number of nitrogens with zero attached hydrogens (tertiary/aromatic N) is 4. The fourth-order valence-electron chi connectivity index (χ4n) is 4.89.